The van der Waals surface area contributed by atoms with Crippen LogP contribution in [-0.4, -0.2) is 16.7 Å². The molecule has 0 fully saturated rings. The Morgan fingerprint density at radius 3 is 2.93 bits per heavy atom. The number of aliphatic hydroxyl groups excluding tert-OH is 1. The summed E-state index contributed by atoms with van der Waals surface area (Å²) in [5.74, 6) is -0.214. The number of aliphatic hydroxyl groups is 1. The van der Waals surface area contributed by atoms with E-state index >= 15 is 0 Å². The lowest BCUT2D eigenvalue weighted by Crippen LogP contribution is -1.91. The minimum Gasteiger partial charge on any atom is -0.396 e. The van der Waals surface area contributed by atoms with Gasteiger partial charge in [-0.15, -0.1) is 0 Å². The van der Waals surface area contributed by atoms with Gasteiger partial charge in [0.15, 0.2) is 0 Å². The maximum Gasteiger partial charge on any atom is 0.147 e. The molecular formula is C12H14FNO. The molecule has 0 saturated carbocycles. The molecule has 0 aliphatic rings. The van der Waals surface area contributed by atoms with Crippen molar-refractivity contribution in [1.82, 2.24) is 4.98 Å². The number of fused-ring (bicyclic) bond motifs is 1. The van der Waals surface area contributed by atoms with Crippen LogP contribution < -0.4 is 0 Å². The van der Waals surface area contributed by atoms with E-state index in [9.17, 15) is 4.39 Å². The van der Waals surface area contributed by atoms with Crippen LogP contribution in [-0.2, 0) is 6.42 Å². The average Bonchev–Trinajstić information content (AvgIpc) is 2.58. The highest BCUT2D eigenvalue weighted by Gasteiger charge is 2.07. The molecule has 3 heteroatoms. The van der Waals surface area contributed by atoms with E-state index in [4.69, 9.17) is 5.11 Å². The SMILES string of the molecule is Cc1c[nH]c2c(F)cc(CCCO)cc12. The van der Waals surface area contributed by atoms with Crippen molar-refractivity contribution in [2.75, 3.05) is 6.61 Å². The minimum atomic E-state index is -0.214. The van der Waals surface area contributed by atoms with E-state index < -0.39 is 0 Å². The molecule has 2 nitrogen and oxygen atoms in total. The van der Waals surface area contributed by atoms with Crippen LogP contribution in [0.2, 0.25) is 0 Å². The van der Waals surface area contributed by atoms with E-state index in [-0.39, 0.29) is 12.4 Å². The molecule has 1 heterocycles. The highest BCUT2D eigenvalue weighted by Crippen LogP contribution is 2.22. The van der Waals surface area contributed by atoms with Crippen LogP contribution >= 0.6 is 0 Å². The van der Waals surface area contributed by atoms with Crippen molar-refractivity contribution in [3.63, 3.8) is 0 Å². The molecule has 0 aliphatic carbocycles. The lowest BCUT2D eigenvalue weighted by molar-refractivity contribution is 0.288. The van der Waals surface area contributed by atoms with Crippen LogP contribution in [0.15, 0.2) is 18.3 Å². The molecule has 0 radical (unpaired) electrons. The summed E-state index contributed by atoms with van der Waals surface area (Å²) in [6.07, 6.45) is 3.20. The van der Waals surface area contributed by atoms with Crippen LogP contribution in [0.3, 0.4) is 0 Å². The minimum absolute atomic E-state index is 0.145. The highest BCUT2D eigenvalue weighted by molar-refractivity contribution is 5.84. The fraction of sp³-hybridized carbons (Fsp3) is 0.333. The normalized spacial score (nSPS) is 11.1. The van der Waals surface area contributed by atoms with Gasteiger partial charge in [0, 0.05) is 18.2 Å². The number of benzene rings is 1. The Hall–Kier alpha value is -1.35. The van der Waals surface area contributed by atoms with Crippen LogP contribution in [0.4, 0.5) is 4.39 Å². The molecule has 0 saturated heterocycles. The van der Waals surface area contributed by atoms with E-state index in [1.807, 2.05) is 19.2 Å². The Kier molecular flexibility index (Phi) is 2.73. The third-order valence-electron chi connectivity index (χ3n) is 2.63. The summed E-state index contributed by atoms with van der Waals surface area (Å²) in [7, 11) is 0. The Balaban J connectivity index is 2.45. The van der Waals surface area contributed by atoms with Crippen molar-refractivity contribution in [1.29, 1.82) is 0 Å². The van der Waals surface area contributed by atoms with Crippen molar-refractivity contribution >= 4 is 10.9 Å². The zero-order valence-corrected chi connectivity index (χ0v) is 8.68. The van der Waals surface area contributed by atoms with Gasteiger partial charge < -0.3 is 10.1 Å². The van der Waals surface area contributed by atoms with Crippen molar-refractivity contribution in [3.05, 3.63) is 35.3 Å². The predicted molar refractivity (Wildman–Crippen MR) is 58.4 cm³/mol. The average molecular weight is 207 g/mol. The third kappa shape index (κ3) is 1.88. The summed E-state index contributed by atoms with van der Waals surface area (Å²) in [5.41, 5.74) is 2.56. The first-order chi connectivity index (χ1) is 7.22. The molecule has 0 spiro atoms. The molecule has 80 valence electrons. The molecule has 0 unspecified atom stereocenters. The van der Waals surface area contributed by atoms with Crippen molar-refractivity contribution in [2.24, 2.45) is 0 Å². The highest BCUT2D eigenvalue weighted by atomic mass is 19.1. The third-order valence-corrected chi connectivity index (χ3v) is 2.63. The maximum absolute atomic E-state index is 13.6. The van der Waals surface area contributed by atoms with Crippen LogP contribution in [0, 0.1) is 12.7 Å². The number of rotatable bonds is 3. The van der Waals surface area contributed by atoms with Gasteiger partial charge in [-0.25, -0.2) is 4.39 Å². The number of aromatic amines is 1. The van der Waals surface area contributed by atoms with Gasteiger partial charge in [0.05, 0.1) is 5.52 Å². The Morgan fingerprint density at radius 1 is 1.40 bits per heavy atom. The lowest BCUT2D eigenvalue weighted by Gasteiger charge is -2.02. The smallest absolute Gasteiger partial charge is 0.147 e. The number of H-pyrrole nitrogens is 1. The molecule has 0 bridgehead atoms. The van der Waals surface area contributed by atoms with E-state index in [0.717, 1.165) is 16.5 Å². The van der Waals surface area contributed by atoms with Gasteiger partial charge in [-0.3, -0.25) is 0 Å². The Bertz CT molecular complexity index is 476. The standard InChI is InChI=1S/C12H14FNO/c1-8-7-14-12-10(8)5-9(3-2-4-15)6-11(12)13/h5-7,14-15H,2-4H2,1H3. The zero-order chi connectivity index (χ0) is 10.8. The topological polar surface area (TPSA) is 36.0 Å². The molecule has 2 rings (SSSR count). The molecule has 1 aromatic heterocycles. The number of hydrogen-bond donors (Lipinski definition) is 2. The molecular weight excluding hydrogens is 193 g/mol. The molecule has 2 N–H and O–H groups in total. The summed E-state index contributed by atoms with van der Waals surface area (Å²) in [4.78, 5) is 2.92. The fourth-order valence-corrected chi connectivity index (χ4v) is 1.81. The van der Waals surface area contributed by atoms with Crippen molar-refractivity contribution in [3.8, 4) is 0 Å². The van der Waals surface area contributed by atoms with Crippen molar-refractivity contribution < 1.29 is 9.50 Å². The van der Waals surface area contributed by atoms with Gasteiger partial charge in [-0.1, -0.05) is 0 Å². The van der Waals surface area contributed by atoms with Crippen LogP contribution in [0.1, 0.15) is 17.5 Å². The molecule has 1 aromatic carbocycles. The molecule has 0 aliphatic heterocycles. The number of hydrogen-bond acceptors (Lipinski definition) is 1. The van der Waals surface area contributed by atoms with Crippen LogP contribution in [0.25, 0.3) is 10.9 Å². The fourth-order valence-electron chi connectivity index (χ4n) is 1.81. The van der Waals surface area contributed by atoms with E-state index in [0.29, 0.717) is 18.4 Å². The van der Waals surface area contributed by atoms with Gasteiger partial charge in [-0.2, -0.15) is 0 Å². The quantitative estimate of drug-likeness (QED) is 0.797. The molecule has 0 amide bonds. The van der Waals surface area contributed by atoms with Gasteiger partial charge in [-0.05, 0) is 43.0 Å². The number of nitrogens with one attached hydrogen (secondary N) is 1. The second kappa shape index (κ2) is 4.03. The molecule has 2 aromatic rings. The summed E-state index contributed by atoms with van der Waals surface area (Å²) in [5, 5.41) is 9.66. The predicted octanol–water partition coefficient (Wildman–Crippen LogP) is 2.54. The Labute approximate surface area is 87.7 Å². The number of aromatic nitrogens is 1. The lowest BCUT2D eigenvalue weighted by atomic mass is 10.1. The van der Waals surface area contributed by atoms with E-state index in [1.54, 1.807) is 0 Å². The maximum atomic E-state index is 13.6. The van der Waals surface area contributed by atoms with Crippen LogP contribution in [0.5, 0.6) is 0 Å². The van der Waals surface area contributed by atoms with Gasteiger partial charge in [0.25, 0.3) is 0 Å². The van der Waals surface area contributed by atoms with E-state index in [1.165, 1.54) is 6.07 Å². The second-order valence-electron chi connectivity index (χ2n) is 3.80. The summed E-state index contributed by atoms with van der Waals surface area (Å²) in [6, 6.07) is 3.52. The van der Waals surface area contributed by atoms with Gasteiger partial charge in [0.2, 0.25) is 0 Å². The first kappa shape index (κ1) is 10.2. The first-order valence-corrected chi connectivity index (χ1v) is 5.09. The second-order valence-corrected chi connectivity index (χ2v) is 3.80. The van der Waals surface area contributed by atoms with E-state index in [2.05, 4.69) is 4.98 Å². The number of aryl methyl sites for hydroxylation is 2. The van der Waals surface area contributed by atoms with Gasteiger partial charge >= 0.3 is 0 Å². The summed E-state index contributed by atoms with van der Waals surface area (Å²) >= 11 is 0. The summed E-state index contributed by atoms with van der Waals surface area (Å²) < 4.78 is 13.6. The Morgan fingerprint density at radius 2 is 2.20 bits per heavy atom. The van der Waals surface area contributed by atoms with Gasteiger partial charge in [0.1, 0.15) is 5.82 Å². The number of halogens is 1. The molecule has 0 atom stereocenters. The molecule has 15 heavy (non-hydrogen) atoms. The van der Waals surface area contributed by atoms with Crippen molar-refractivity contribution in [2.45, 2.75) is 19.8 Å². The first-order valence-electron chi connectivity index (χ1n) is 5.09. The largest absolute Gasteiger partial charge is 0.396 e. The zero-order valence-electron chi connectivity index (χ0n) is 8.68. The summed E-state index contributed by atoms with van der Waals surface area (Å²) in [6.45, 7) is 2.10. The monoisotopic (exact) mass is 207 g/mol.